The number of methoxy groups -OCH3 is 1. The van der Waals surface area contributed by atoms with Gasteiger partial charge in [-0.05, 0) is 36.6 Å². The van der Waals surface area contributed by atoms with Gasteiger partial charge in [-0.1, -0.05) is 25.7 Å². The standard InChI is InChI=1S/C22H30FN3O4/c1-30-13-12-24(20(27)11-6-17-4-2-3-5-17)14-21(28)25-15-22(29)26(16-25)19-9-7-18(23)8-10-19/h7-10,17H,2-6,11-16H2,1H3. The Kier molecular flexibility index (Phi) is 7.79. The minimum Gasteiger partial charge on any atom is -0.383 e. The second-order valence-corrected chi connectivity index (χ2v) is 8.03. The highest BCUT2D eigenvalue weighted by atomic mass is 19.1. The van der Waals surface area contributed by atoms with Crippen molar-refractivity contribution in [2.45, 2.75) is 38.5 Å². The molecule has 1 saturated carbocycles. The average molecular weight is 419 g/mol. The lowest BCUT2D eigenvalue weighted by Crippen LogP contribution is -2.44. The molecule has 3 amide bonds. The van der Waals surface area contributed by atoms with Crippen molar-refractivity contribution >= 4 is 23.4 Å². The maximum atomic E-state index is 13.1. The van der Waals surface area contributed by atoms with Crippen LogP contribution in [0.15, 0.2) is 24.3 Å². The maximum absolute atomic E-state index is 13.1. The fourth-order valence-corrected chi connectivity index (χ4v) is 4.10. The quantitative estimate of drug-likeness (QED) is 0.616. The molecule has 8 heteroatoms. The van der Waals surface area contributed by atoms with Crippen LogP contribution in [0.2, 0.25) is 0 Å². The first kappa shape index (κ1) is 22.2. The fraction of sp³-hybridized carbons (Fsp3) is 0.591. The molecule has 0 spiro atoms. The molecular formula is C22H30FN3O4. The first-order valence-electron chi connectivity index (χ1n) is 10.6. The SMILES string of the molecule is COCCN(CC(=O)N1CC(=O)N(c2ccc(F)cc2)C1)C(=O)CCC1CCCC1. The highest BCUT2D eigenvalue weighted by molar-refractivity contribution is 6.00. The molecular weight excluding hydrogens is 389 g/mol. The van der Waals surface area contributed by atoms with Crippen LogP contribution in [0.25, 0.3) is 0 Å². The summed E-state index contributed by atoms with van der Waals surface area (Å²) >= 11 is 0. The van der Waals surface area contributed by atoms with Crippen molar-refractivity contribution < 1.29 is 23.5 Å². The van der Waals surface area contributed by atoms with Crippen LogP contribution < -0.4 is 4.90 Å². The molecule has 0 N–H and O–H groups in total. The number of carbonyl (C=O) groups is 3. The Morgan fingerprint density at radius 3 is 2.57 bits per heavy atom. The van der Waals surface area contributed by atoms with Crippen LogP contribution in [0.5, 0.6) is 0 Å². The minimum absolute atomic E-state index is 0.0479. The summed E-state index contributed by atoms with van der Waals surface area (Å²) < 4.78 is 18.2. The third kappa shape index (κ3) is 5.78. The molecule has 1 aliphatic carbocycles. The number of carbonyl (C=O) groups excluding carboxylic acids is 3. The van der Waals surface area contributed by atoms with E-state index in [9.17, 15) is 18.8 Å². The van der Waals surface area contributed by atoms with Gasteiger partial charge in [-0.15, -0.1) is 0 Å². The lowest BCUT2D eigenvalue weighted by molar-refractivity contribution is -0.141. The van der Waals surface area contributed by atoms with E-state index in [0.717, 1.165) is 6.42 Å². The van der Waals surface area contributed by atoms with Gasteiger partial charge in [-0.25, -0.2) is 4.39 Å². The summed E-state index contributed by atoms with van der Waals surface area (Å²) in [5.41, 5.74) is 0.542. The van der Waals surface area contributed by atoms with E-state index in [0.29, 0.717) is 31.2 Å². The van der Waals surface area contributed by atoms with Gasteiger partial charge in [0, 0.05) is 25.8 Å². The van der Waals surface area contributed by atoms with E-state index < -0.39 is 0 Å². The Balaban J connectivity index is 1.56. The van der Waals surface area contributed by atoms with Crippen molar-refractivity contribution in [1.29, 1.82) is 0 Å². The van der Waals surface area contributed by atoms with Crippen molar-refractivity contribution in [3.05, 3.63) is 30.1 Å². The fourth-order valence-electron chi connectivity index (χ4n) is 4.10. The summed E-state index contributed by atoms with van der Waals surface area (Å²) in [5.74, 6) is -0.338. The molecule has 2 aliphatic rings. The molecule has 1 aromatic rings. The third-order valence-electron chi connectivity index (χ3n) is 5.92. The molecule has 1 aliphatic heterocycles. The molecule has 3 rings (SSSR count). The zero-order valence-electron chi connectivity index (χ0n) is 17.5. The van der Waals surface area contributed by atoms with Crippen molar-refractivity contribution in [2.24, 2.45) is 5.92 Å². The van der Waals surface area contributed by atoms with Crippen LogP contribution in [0.3, 0.4) is 0 Å². The van der Waals surface area contributed by atoms with Gasteiger partial charge in [0.25, 0.3) is 0 Å². The molecule has 2 fully saturated rings. The zero-order valence-corrected chi connectivity index (χ0v) is 17.5. The molecule has 0 atom stereocenters. The lowest BCUT2D eigenvalue weighted by Gasteiger charge is -2.25. The molecule has 0 radical (unpaired) electrons. The van der Waals surface area contributed by atoms with E-state index in [1.54, 1.807) is 7.11 Å². The Labute approximate surface area is 176 Å². The zero-order chi connectivity index (χ0) is 21.5. The van der Waals surface area contributed by atoms with Gasteiger partial charge >= 0.3 is 0 Å². The Bertz CT molecular complexity index is 749. The van der Waals surface area contributed by atoms with E-state index in [4.69, 9.17) is 4.74 Å². The van der Waals surface area contributed by atoms with Gasteiger partial charge < -0.3 is 14.5 Å². The summed E-state index contributed by atoms with van der Waals surface area (Å²) in [4.78, 5) is 42.3. The van der Waals surface area contributed by atoms with E-state index in [-0.39, 0.29) is 43.3 Å². The number of halogens is 1. The third-order valence-corrected chi connectivity index (χ3v) is 5.92. The van der Waals surface area contributed by atoms with Gasteiger partial charge in [0.2, 0.25) is 17.7 Å². The predicted molar refractivity (Wildman–Crippen MR) is 110 cm³/mol. The Morgan fingerprint density at radius 2 is 1.90 bits per heavy atom. The molecule has 164 valence electrons. The monoisotopic (exact) mass is 419 g/mol. The molecule has 1 aromatic carbocycles. The van der Waals surface area contributed by atoms with E-state index in [2.05, 4.69) is 0 Å². The summed E-state index contributed by atoms with van der Waals surface area (Å²) in [7, 11) is 1.56. The van der Waals surface area contributed by atoms with E-state index in [1.165, 1.54) is 64.6 Å². The molecule has 1 heterocycles. The summed E-state index contributed by atoms with van der Waals surface area (Å²) in [6, 6.07) is 5.59. The molecule has 0 aromatic heterocycles. The van der Waals surface area contributed by atoms with Gasteiger partial charge in [0.15, 0.2) is 0 Å². The predicted octanol–water partition coefficient (Wildman–Crippen LogP) is 2.40. The van der Waals surface area contributed by atoms with Gasteiger partial charge in [0.05, 0.1) is 13.2 Å². The lowest BCUT2D eigenvalue weighted by atomic mass is 10.0. The molecule has 0 bridgehead atoms. The second-order valence-electron chi connectivity index (χ2n) is 8.03. The number of benzene rings is 1. The van der Waals surface area contributed by atoms with E-state index in [1.807, 2.05) is 0 Å². The highest BCUT2D eigenvalue weighted by Crippen LogP contribution is 2.28. The van der Waals surface area contributed by atoms with Gasteiger partial charge in [0.1, 0.15) is 19.0 Å². The number of amides is 3. The van der Waals surface area contributed by atoms with Crippen molar-refractivity contribution in [2.75, 3.05) is 44.9 Å². The largest absolute Gasteiger partial charge is 0.383 e. The number of hydrogen-bond acceptors (Lipinski definition) is 4. The number of anilines is 1. The minimum atomic E-state index is -0.386. The first-order chi connectivity index (χ1) is 14.5. The second kappa shape index (κ2) is 10.5. The number of rotatable bonds is 9. The summed E-state index contributed by atoms with van der Waals surface area (Å²) in [5, 5.41) is 0. The normalized spacial score (nSPS) is 17.1. The summed E-state index contributed by atoms with van der Waals surface area (Å²) in [6.07, 6.45) is 6.12. The van der Waals surface area contributed by atoms with Crippen molar-refractivity contribution in [3.63, 3.8) is 0 Å². The van der Waals surface area contributed by atoms with Crippen LogP contribution in [0.4, 0.5) is 10.1 Å². The molecule has 7 nitrogen and oxygen atoms in total. The van der Waals surface area contributed by atoms with Crippen LogP contribution in [0, 0.1) is 11.7 Å². The summed E-state index contributed by atoms with van der Waals surface area (Å²) in [6.45, 7) is 0.665. The maximum Gasteiger partial charge on any atom is 0.248 e. The smallest absolute Gasteiger partial charge is 0.248 e. The van der Waals surface area contributed by atoms with Crippen LogP contribution >= 0.6 is 0 Å². The van der Waals surface area contributed by atoms with E-state index >= 15 is 0 Å². The highest BCUT2D eigenvalue weighted by Gasteiger charge is 2.33. The number of ether oxygens (including phenoxy) is 1. The van der Waals surface area contributed by atoms with Crippen LogP contribution in [0.1, 0.15) is 38.5 Å². The van der Waals surface area contributed by atoms with Crippen molar-refractivity contribution in [3.8, 4) is 0 Å². The van der Waals surface area contributed by atoms with Crippen LogP contribution in [-0.2, 0) is 19.1 Å². The number of nitrogens with zero attached hydrogens (tertiary/aromatic N) is 3. The van der Waals surface area contributed by atoms with Gasteiger partial charge in [-0.2, -0.15) is 0 Å². The van der Waals surface area contributed by atoms with Crippen LogP contribution in [-0.4, -0.2) is 67.5 Å². The average Bonchev–Trinajstić information content (AvgIpc) is 3.39. The number of hydrogen-bond donors (Lipinski definition) is 0. The molecule has 30 heavy (non-hydrogen) atoms. The first-order valence-corrected chi connectivity index (χ1v) is 10.6. The van der Waals surface area contributed by atoms with Gasteiger partial charge in [-0.3, -0.25) is 19.3 Å². The molecule has 1 saturated heterocycles. The molecule has 0 unspecified atom stereocenters. The Morgan fingerprint density at radius 1 is 1.20 bits per heavy atom. The Hall–Kier alpha value is -2.48. The topological polar surface area (TPSA) is 70.2 Å². The van der Waals surface area contributed by atoms with Crippen molar-refractivity contribution in [1.82, 2.24) is 9.80 Å².